The number of hydrogen-bond acceptors (Lipinski definition) is 4. The van der Waals surface area contributed by atoms with Crippen LogP contribution < -0.4 is 5.32 Å². The molecule has 10 heteroatoms. The van der Waals surface area contributed by atoms with Crippen molar-refractivity contribution in [3.63, 3.8) is 0 Å². The standard InChI is InChI=1S/C19H14ClF2N3O4/c20-10-2-1-3-12(6-10)25-17(26)8-16(24-25)19(29)23-15(9-18(27)28)13-7-11(21)4-5-14(13)22/h1-8,15,26H,9H2,(H,23,29)(H,27,28). The third-order valence-corrected chi connectivity index (χ3v) is 4.23. The topological polar surface area (TPSA) is 104 Å². The SMILES string of the molecule is O=C(O)CC(NC(=O)c1cc(O)n(-c2cccc(Cl)c2)n1)c1cc(F)ccc1F. The molecule has 3 N–H and O–H groups in total. The van der Waals surface area contributed by atoms with Gasteiger partial charge in [0.2, 0.25) is 5.88 Å². The minimum Gasteiger partial charge on any atom is -0.493 e. The van der Waals surface area contributed by atoms with E-state index >= 15 is 0 Å². The van der Waals surface area contributed by atoms with Crippen LogP contribution in [0.3, 0.4) is 0 Å². The number of amides is 1. The number of aromatic hydroxyl groups is 1. The molecular weight excluding hydrogens is 408 g/mol. The fraction of sp³-hybridized carbons (Fsp3) is 0.105. The number of nitrogens with zero attached hydrogens (tertiary/aromatic N) is 2. The summed E-state index contributed by atoms with van der Waals surface area (Å²) in [5, 5.41) is 25.8. The van der Waals surface area contributed by atoms with Crippen LogP contribution in [0.5, 0.6) is 5.88 Å². The zero-order valence-corrected chi connectivity index (χ0v) is 15.4. The molecule has 0 aliphatic rings. The summed E-state index contributed by atoms with van der Waals surface area (Å²) in [6.45, 7) is 0. The van der Waals surface area contributed by atoms with Gasteiger partial charge in [0.15, 0.2) is 5.69 Å². The van der Waals surface area contributed by atoms with Crippen LogP contribution in [0.25, 0.3) is 5.69 Å². The maximum atomic E-state index is 14.1. The molecule has 0 aliphatic heterocycles. The van der Waals surface area contributed by atoms with E-state index in [-0.39, 0.29) is 17.1 Å². The van der Waals surface area contributed by atoms with Crippen molar-refractivity contribution in [3.05, 3.63) is 76.4 Å². The molecule has 2 aromatic carbocycles. The van der Waals surface area contributed by atoms with Gasteiger partial charge in [-0.1, -0.05) is 17.7 Å². The van der Waals surface area contributed by atoms with Crippen molar-refractivity contribution < 1.29 is 28.6 Å². The quantitative estimate of drug-likeness (QED) is 0.565. The Labute approximate surface area is 168 Å². The van der Waals surface area contributed by atoms with Gasteiger partial charge in [0.25, 0.3) is 5.91 Å². The maximum Gasteiger partial charge on any atom is 0.305 e. The second kappa shape index (κ2) is 8.27. The monoisotopic (exact) mass is 421 g/mol. The fourth-order valence-electron chi connectivity index (χ4n) is 2.71. The largest absolute Gasteiger partial charge is 0.493 e. The first-order valence-corrected chi connectivity index (χ1v) is 8.65. The van der Waals surface area contributed by atoms with E-state index in [0.717, 1.165) is 28.9 Å². The molecule has 0 saturated heterocycles. The lowest BCUT2D eigenvalue weighted by Gasteiger charge is -2.17. The molecule has 29 heavy (non-hydrogen) atoms. The Balaban J connectivity index is 1.89. The summed E-state index contributed by atoms with van der Waals surface area (Å²) >= 11 is 5.91. The zero-order chi connectivity index (χ0) is 21.1. The number of halogens is 3. The van der Waals surface area contributed by atoms with E-state index in [9.17, 15) is 23.5 Å². The van der Waals surface area contributed by atoms with Gasteiger partial charge in [-0.2, -0.15) is 5.10 Å². The first kappa shape index (κ1) is 20.3. The van der Waals surface area contributed by atoms with Gasteiger partial charge in [-0.3, -0.25) is 9.59 Å². The third-order valence-electron chi connectivity index (χ3n) is 3.99. The predicted octanol–water partition coefficient (Wildman–Crippen LogP) is 3.46. The van der Waals surface area contributed by atoms with E-state index in [2.05, 4.69) is 10.4 Å². The smallest absolute Gasteiger partial charge is 0.305 e. The van der Waals surface area contributed by atoms with Gasteiger partial charge < -0.3 is 15.5 Å². The van der Waals surface area contributed by atoms with Crippen molar-refractivity contribution >= 4 is 23.5 Å². The number of nitrogens with one attached hydrogen (secondary N) is 1. The molecule has 1 atom stereocenters. The van der Waals surface area contributed by atoms with Gasteiger partial charge in [0, 0.05) is 16.7 Å². The van der Waals surface area contributed by atoms with Crippen LogP contribution in [0.15, 0.2) is 48.5 Å². The number of carbonyl (C=O) groups excluding carboxylic acids is 1. The van der Waals surface area contributed by atoms with Crippen LogP contribution in [0, 0.1) is 11.6 Å². The number of carboxylic acid groups (broad SMARTS) is 1. The molecule has 3 aromatic rings. The normalized spacial score (nSPS) is 11.8. The van der Waals surface area contributed by atoms with Crippen LogP contribution in [-0.2, 0) is 4.79 Å². The first-order valence-electron chi connectivity index (χ1n) is 8.27. The van der Waals surface area contributed by atoms with Crippen LogP contribution in [0.2, 0.25) is 5.02 Å². The fourth-order valence-corrected chi connectivity index (χ4v) is 2.89. The molecule has 3 rings (SSSR count). The molecule has 0 fully saturated rings. The maximum absolute atomic E-state index is 14.1. The Hall–Kier alpha value is -3.46. The lowest BCUT2D eigenvalue weighted by atomic mass is 10.0. The molecule has 150 valence electrons. The van der Waals surface area contributed by atoms with Crippen molar-refractivity contribution in [2.75, 3.05) is 0 Å². The highest BCUT2D eigenvalue weighted by molar-refractivity contribution is 6.30. The van der Waals surface area contributed by atoms with Crippen molar-refractivity contribution in [1.29, 1.82) is 0 Å². The number of carbonyl (C=O) groups is 2. The third kappa shape index (κ3) is 4.69. The molecule has 0 aliphatic carbocycles. The minimum absolute atomic E-state index is 0.255. The van der Waals surface area contributed by atoms with Gasteiger partial charge >= 0.3 is 5.97 Å². The Morgan fingerprint density at radius 1 is 1.17 bits per heavy atom. The van der Waals surface area contributed by atoms with Gasteiger partial charge in [-0.05, 0) is 36.4 Å². The lowest BCUT2D eigenvalue weighted by molar-refractivity contribution is -0.137. The summed E-state index contributed by atoms with van der Waals surface area (Å²) in [4.78, 5) is 23.7. The number of rotatable bonds is 6. The summed E-state index contributed by atoms with van der Waals surface area (Å²) in [6, 6.07) is 8.56. The van der Waals surface area contributed by atoms with E-state index in [1.165, 1.54) is 6.07 Å². The van der Waals surface area contributed by atoms with Crippen molar-refractivity contribution in [2.24, 2.45) is 0 Å². The Bertz CT molecular complexity index is 1090. The summed E-state index contributed by atoms with van der Waals surface area (Å²) < 4.78 is 28.6. The number of benzene rings is 2. The van der Waals surface area contributed by atoms with E-state index < -0.39 is 36.0 Å². The molecule has 1 unspecified atom stereocenters. The summed E-state index contributed by atoms with van der Waals surface area (Å²) in [5.74, 6) is -4.23. The lowest BCUT2D eigenvalue weighted by Crippen LogP contribution is -2.31. The molecule has 1 amide bonds. The van der Waals surface area contributed by atoms with Gasteiger partial charge in [0.1, 0.15) is 11.6 Å². The molecule has 0 saturated carbocycles. The van der Waals surface area contributed by atoms with E-state index in [0.29, 0.717) is 10.7 Å². The van der Waals surface area contributed by atoms with Crippen molar-refractivity contribution in [3.8, 4) is 11.6 Å². The summed E-state index contributed by atoms with van der Waals surface area (Å²) in [6.07, 6.45) is -0.687. The Morgan fingerprint density at radius 3 is 2.62 bits per heavy atom. The van der Waals surface area contributed by atoms with Crippen LogP contribution >= 0.6 is 11.6 Å². The van der Waals surface area contributed by atoms with Crippen LogP contribution in [0.1, 0.15) is 28.5 Å². The van der Waals surface area contributed by atoms with Gasteiger partial charge in [0.05, 0.1) is 18.2 Å². The highest BCUT2D eigenvalue weighted by atomic mass is 35.5. The first-order chi connectivity index (χ1) is 13.7. The van der Waals surface area contributed by atoms with Crippen molar-refractivity contribution in [1.82, 2.24) is 15.1 Å². The number of aliphatic carboxylic acids is 1. The van der Waals surface area contributed by atoms with Gasteiger partial charge in [-0.15, -0.1) is 0 Å². The zero-order valence-electron chi connectivity index (χ0n) is 14.6. The number of carboxylic acids is 1. The average Bonchev–Trinajstić information content (AvgIpc) is 3.05. The number of aromatic nitrogens is 2. The highest BCUT2D eigenvalue weighted by Gasteiger charge is 2.24. The molecule has 0 spiro atoms. The summed E-state index contributed by atoms with van der Waals surface area (Å²) in [7, 11) is 0. The molecular formula is C19H14ClF2N3O4. The van der Waals surface area contributed by atoms with Crippen LogP contribution in [0.4, 0.5) is 8.78 Å². The van der Waals surface area contributed by atoms with Crippen molar-refractivity contribution in [2.45, 2.75) is 12.5 Å². The highest BCUT2D eigenvalue weighted by Crippen LogP contribution is 2.24. The van der Waals surface area contributed by atoms with E-state index in [4.69, 9.17) is 16.7 Å². The molecule has 1 heterocycles. The average molecular weight is 422 g/mol. The second-order valence-electron chi connectivity index (χ2n) is 6.07. The Kier molecular flexibility index (Phi) is 5.79. The second-order valence-corrected chi connectivity index (χ2v) is 6.51. The van der Waals surface area contributed by atoms with E-state index in [1.807, 2.05) is 0 Å². The minimum atomic E-state index is -1.35. The Morgan fingerprint density at radius 2 is 1.93 bits per heavy atom. The van der Waals surface area contributed by atoms with E-state index in [1.54, 1.807) is 18.2 Å². The molecule has 0 bridgehead atoms. The molecule has 7 nitrogen and oxygen atoms in total. The molecule has 1 aromatic heterocycles. The molecule has 0 radical (unpaired) electrons. The predicted molar refractivity (Wildman–Crippen MR) is 99.1 cm³/mol. The van der Waals surface area contributed by atoms with Crippen LogP contribution in [-0.4, -0.2) is 31.9 Å². The van der Waals surface area contributed by atoms with Gasteiger partial charge in [-0.25, -0.2) is 13.5 Å². The number of hydrogen-bond donors (Lipinski definition) is 3. The summed E-state index contributed by atoms with van der Waals surface area (Å²) in [5.41, 5.74) is -0.193.